The van der Waals surface area contributed by atoms with Gasteiger partial charge in [0.25, 0.3) is 0 Å². The third-order valence-corrected chi connectivity index (χ3v) is 1.98. The molecule has 0 heterocycles. The van der Waals surface area contributed by atoms with E-state index < -0.39 is 0 Å². The van der Waals surface area contributed by atoms with E-state index in [1.807, 2.05) is 6.92 Å². The highest BCUT2D eigenvalue weighted by Crippen LogP contribution is 2.09. The first kappa shape index (κ1) is 12.4. The summed E-state index contributed by atoms with van der Waals surface area (Å²) in [5.74, 6) is -0.114. The average Bonchev–Trinajstić information content (AvgIpc) is 2.29. The van der Waals surface area contributed by atoms with Crippen molar-refractivity contribution < 1.29 is 14.3 Å². The largest absolute Gasteiger partial charge is 0.381 e. The van der Waals surface area contributed by atoms with Gasteiger partial charge in [0.15, 0.2) is 0 Å². The fraction of sp³-hybridized carbons (Fsp3) is 0.333. The predicted octanol–water partition coefficient (Wildman–Crippen LogP) is 1.86. The minimum absolute atomic E-state index is 0.114. The molecule has 0 aromatic heterocycles. The van der Waals surface area contributed by atoms with E-state index in [-0.39, 0.29) is 5.91 Å². The lowest BCUT2D eigenvalue weighted by Gasteiger charge is -2.05. The number of hydrogen-bond acceptors (Lipinski definition) is 3. The minimum Gasteiger partial charge on any atom is -0.381 e. The Morgan fingerprint density at radius 3 is 3.00 bits per heavy atom. The summed E-state index contributed by atoms with van der Waals surface area (Å²) in [6.07, 6.45) is 1.06. The Morgan fingerprint density at radius 1 is 1.50 bits per heavy atom. The molecule has 0 bridgehead atoms. The van der Waals surface area contributed by atoms with E-state index in [9.17, 15) is 9.59 Å². The first-order valence-electron chi connectivity index (χ1n) is 5.19. The second kappa shape index (κ2) is 6.74. The van der Waals surface area contributed by atoms with Crippen molar-refractivity contribution in [2.24, 2.45) is 0 Å². The summed E-state index contributed by atoms with van der Waals surface area (Å²) in [6.45, 7) is 2.90. The van der Waals surface area contributed by atoms with Gasteiger partial charge in [0.05, 0.1) is 13.0 Å². The van der Waals surface area contributed by atoms with Gasteiger partial charge < -0.3 is 10.1 Å². The monoisotopic (exact) mass is 221 g/mol. The van der Waals surface area contributed by atoms with Crippen molar-refractivity contribution >= 4 is 17.9 Å². The van der Waals surface area contributed by atoms with Crippen molar-refractivity contribution in [2.75, 3.05) is 18.5 Å². The van der Waals surface area contributed by atoms with Crippen molar-refractivity contribution in [3.05, 3.63) is 29.8 Å². The molecule has 0 aliphatic carbocycles. The van der Waals surface area contributed by atoms with Crippen LogP contribution in [0.4, 0.5) is 5.69 Å². The first-order chi connectivity index (χ1) is 7.76. The van der Waals surface area contributed by atoms with Crippen LogP contribution in [0, 0.1) is 0 Å². The zero-order valence-electron chi connectivity index (χ0n) is 9.23. The van der Waals surface area contributed by atoms with E-state index in [1.54, 1.807) is 24.3 Å². The number of anilines is 1. The van der Waals surface area contributed by atoms with Gasteiger partial charge in [0.2, 0.25) is 5.91 Å². The number of amides is 1. The molecule has 0 aliphatic heterocycles. The molecule has 4 nitrogen and oxygen atoms in total. The molecule has 1 aromatic carbocycles. The topological polar surface area (TPSA) is 55.4 Å². The van der Waals surface area contributed by atoms with Crippen LogP contribution in [0.3, 0.4) is 0 Å². The normalized spacial score (nSPS) is 9.81. The maximum absolute atomic E-state index is 11.4. The zero-order valence-corrected chi connectivity index (χ0v) is 9.23. The van der Waals surface area contributed by atoms with Gasteiger partial charge in [0, 0.05) is 17.9 Å². The van der Waals surface area contributed by atoms with Gasteiger partial charge in [-0.1, -0.05) is 12.1 Å². The Bertz CT molecular complexity index is 363. The van der Waals surface area contributed by atoms with Crippen molar-refractivity contribution in [1.82, 2.24) is 0 Å². The molecule has 4 heteroatoms. The highest BCUT2D eigenvalue weighted by Gasteiger charge is 2.02. The summed E-state index contributed by atoms with van der Waals surface area (Å²) >= 11 is 0. The molecule has 1 N–H and O–H groups in total. The molecular formula is C12H15NO3. The SMILES string of the molecule is CCOCCC(=O)Nc1cccc(C=O)c1. The third-order valence-electron chi connectivity index (χ3n) is 1.98. The summed E-state index contributed by atoms with van der Waals surface area (Å²) in [5, 5.41) is 2.70. The number of rotatable bonds is 6. The van der Waals surface area contributed by atoms with Gasteiger partial charge in [-0.3, -0.25) is 9.59 Å². The maximum Gasteiger partial charge on any atom is 0.226 e. The standard InChI is InChI=1S/C12H15NO3/c1-2-16-7-6-12(15)13-11-5-3-4-10(8-11)9-14/h3-5,8-9H,2,6-7H2,1H3,(H,13,15). The van der Waals surface area contributed by atoms with Crippen LogP contribution in [-0.4, -0.2) is 25.4 Å². The Hall–Kier alpha value is -1.68. The van der Waals surface area contributed by atoms with Gasteiger partial charge >= 0.3 is 0 Å². The van der Waals surface area contributed by atoms with Crippen LogP contribution in [0.5, 0.6) is 0 Å². The van der Waals surface area contributed by atoms with E-state index in [4.69, 9.17) is 4.74 Å². The lowest BCUT2D eigenvalue weighted by atomic mass is 10.2. The minimum atomic E-state index is -0.114. The van der Waals surface area contributed by atoms with Crippen molar-refractivity contribution in [3.8, 4) is 0 Å². The van der Waals surface area contributed by atoms with E-state index in [2.05, 4.69) is 5.32 Å². The first-order valence-corrected chi connectivity index (χ1v) is 5.19. The second-order valence-electron chi connectivity index (χ2n) is 3.24. The van der Waals surface area contributed by atoms with Gasteiger partial charge in [-0.25, -0.2) is 0 Å². The molecule has 0 unspecified atom stereocenters. The molecule has 0 radical (unpaired) electrons. The van der Waals surface area contributed by atoms with Gasteiger partial charge in [-0.15, -0.1) is 0 Å². The van der Waals surface area contributed by atoms with Crippen LogP contribution in [0.1, 0.15) is 23.7 Å². The Kier molecular flexibility index (Phi) is 5.22. The number of carbonyl (C=O) groups excluding carboxylic acids is 2. The van der Waals surface area contributed by atoms with E-state index in [1.165, 1.54) is 0 Å². The lowest BCUT2D eigenvalue weighted by Crippen LogP contribution is -2.14. The number of benzene rings is 1. The van der Waals surface area contributed by atoms with E-state index >= 15 is 0 Å². The third kappa shape index (κ3) is 4.23. The smallest absolute Gasteiger partial charge is 0.226 e. The summed E-state index contributed by atoms with van der Waals surface area (Å²) in [5.41, 5.74) is 1.17. The number of nitrogens with one attached hydrogen (secondary N) is 1. The van der Waals surface area contributed by atoms with Gasteiger partial charge in [-0.2, -0.15) is 0 Å². The highest BCUT2D eigenvalue weighted by molar-refractivity contribution is 5.91. The molecule has 0 atom stereocenters. The Morgan fingerprint density at radius 2 is 2.31 bits per heavy atom. The molecule has 1 amide bonds. The highest BCUT2D eigenvalue weighted by atomic mass is 16.5. The van der Waals surface area contributed by atoms with Crippen LogP contribution in [0.15, 0.2) is 24.3 Å². The number of carbonyl (C=O) groups is 2. The van der Waals surface area contributed by atoms with E-state index in [0.29, 0.717) is 30.9 Å². The van der Waals surface area contributed by atoms with Gasteiger partial charge in [0.1, 0.15) is 6.29 Å². The van der Waals surface area contributed by atoms with Crippen LogP contribution in [0.25, 0.3) is 0 Å². The van der Waals surface area contributed by atoms with Crippen molar-refractivity contribution in [1.29, 1.82) is 0 Å². The van der Waals surface area contributed by atoms with Crippen molar-refractivity contribution in [2.45, 2.75) is 13.3 Å². The van der Waals surface area contributed by atoms with Crippen LogP contribution in [-0.2, 0) is 9.53 Å². The molecule has 1 aromatic rings. The number of ether oxygens (including phenoxy) is 1. The number of aldehydes is 1. The van der Waals surface area contributed by atoms with Crippen molar-refractivity contribution in [3.63, 3.8) is 0 Å². The molecule has 0 aliphatic rings. The Balaban J connectivity index is 2.46. The molecule has 0 saturated heterocycles. The summed E-state index contributed by atoms with van der Waals surface area (Å²) in [4.78, 5) is 21.9. The summed E-state index contributed by atoms with van der Waals surface area (Å²) in [6, 6.07) is 6.78. The molecule has 16 heavy (non-hydrogen) atoms. The fourth-order valence-corrected chi connectivity index (χ4v) is 1.22. The van der Waals surface area contributed by atoms with Crippen LogP contribution < -0.4 is 5.32 Å². The van der Waals surface area contributed by atoms with Gasteiger partial charge in [-0.05, 0) is 19.1 Å². The van der Waals surface area contributed by atoms with Crippen LogP contribution in [0.2, 0.25) is 0 Å². The second-order valence-corrected chi connectivity index (χ2v) is 3.24. The van der Waals surface area contributed by atoms with Crippen LogP contribution >= 0.6 is 0 Å². The molecular weight excluding hydrogens is 206 g/mol. The quantitative estimate of drug-likeness (QED) is 0.589. The molecule has 0 saturated carbocycles. The molecule has 1 rings (SSSR count). The van der Waals surface area contributed by atoms with E-state index in [0.717, 1.165) is 6.29 Å². The predicted molar refractivity (Wildman–Crippen MR) is 61.6 cm³/mol. The lowest BCUT2D eigenvalue weighted by molar-refractivity contribution is -0.117. The average molecular weight is 221 g/mol. The maximum atomic E-state index is 11.4. The zero-order chi connectivity index (χ0) is 11.8. The fourth-order valence-electron chi connectivity index (χ4n) is 1.22. The summed E-state index contributed by atoms with van der Waals surface area (Å²) in [7, 11) is 0. The molecule has 0 spiro atoms. The Labute approximate surface area is 94.6 Å². The molecule has 0 fully saturated rings. The number of hydrogen-bond donors (Lipinski definition) is 1. The molecule has 86 valence electrons. The summed E-state index contributed by atoms with van der Waals surface area (Å²) < 4.78 is 5.07.